The van der Waals surface area contributed by atoms with Crippen LogP contribution >= 0.6 is 11.6 Å². The molecule has 7 heteroatoms. The quantitative estimate of drug-likeness (QED) is 0.525. The second-order valence-corrected chi connectivity index (χ2v) is 7.98. The third kappa shape index (κ3) is 5.25. The molecule has 6 nitrogen and oxygen atoms in total. The van der Waals surface area contributed by atoms with E-state index in [0.717, 1.165) is 37.0 Å². The molecule has 0 spiro atoms. The maximum Gasteiger partial charge on any atom is 0.223 e. The number of rotatable bonds is 7. The molecule has 28 heavy (non-hydrogen) atoms. The van der Waals surface area contributed by atoms with Crippen LogP contribution in [-0.2, 0) is 10.3 Å². The molecule has 152 valence electrons. The van der Waals surface area contributed by atoms with Crippen molar-refractivity contribution in [3.63, 3.8) is 0 Å². The summed E-state index contributed by atoms with van der Waals surface area (Å²) >= 11 is 5.96. The van der Waals surface area contributed by atoms with E-state index in [9.17, 15) is 4.79 Å². The van der Waals surface area contributed by atoms with Gasteiger partial charge in [-0.25, -0.2) is 0 Å². The minimum atomic E-state index is -0.515. The van der Waals surface area contributed by atoms with Gasteiger partial charge in [0.05, 0.1) is 6.61 Å². The molecule has 0 radical (unpaired) electrons. The van der Waals surface area contributed by atoms with Crippen molar-refractivity contribution in [2.45, 2.75) is 70.8 Å². The Morgan fingerprint density at radius 3 is 2.64 bits per heavy atom. The topological polar surface area (TPSA) is 77.2 Å². The van der Waals surface area contributed by atoms with E-state index in [1.807, 2.05) is 19.1 Å². The molecule has 1 N–H and O–H groups in total. The number of halogens is 1. The van der Waals surface area contributed by atoms with E-state index in [2.05, 4.69) is 15.5 Å². The van der Waals surface area contributed by atoms with Gasteiger partial charge >= 0.3 is 0 Å². The van der Waals surface area contributed by atoms with Gasteiger partial charge in [0.2, 0.25) is 11.8 Å². The molecule has 1 fully saturated rings. The first-order chi connectivity index (χ1) is 13.5. The van der Waals surface area contributed by atoms with Crippen molar-refractivity contribution in [2.24, 2.45) is 0 Å². The van der Waals surface area contributed by atoms with Gasteiger partial charge in [0.15, 0.2) is 5.82 Å². The molecule has 1 aliphatic rings. The lowest BCUT2D eigenvalue weighted by Gasteiger charge is -2.30. The number of nitrogens with zero attached hydrogens (tertiary/aromatic N) is 2. The summed E-state index contributed by atoms with van der Waals surface area (Å²) in [7, 11) is 0. The number of carbonyl (C=O) groups is 1. The van der Waals surface area contributed by atoms with Gasteiger partial charge < -0.3 is 14.6 Å². The number of aryl methyl sites for hydroxylation is 2. The lowest BCUT2D eigenvalue weighted by atomic mass is 9.89. The molecule has 1 aliphatic carbocycles. The Morgan fingerprint density at radius 1 is 1.25 bits per heavy atom. The van der Waals surface area contributed by atoms with Crippen molar-refractivity contribution in [1.29, 1.82) is 0 Å². The maximum atomic E-state index is 12.7. The van der Waals surface area contributed by atoms with Crippen LogP contribution in [0.25, 0.3) is 0 Å². The summed E-state index contributed by atoms with van der Waals surface area (Å²) in [4.78, 5) is 17.1. The highest BCUT2D eigenvalue weighted by Gasteiger charge is 2.38. The lowest BCUT2D eigenvalue weighted by Crippen LogP contribution is -2.46. The van der Waals surface area contributed by atoms with Crippen LogP contribution in [0.5, 0.6) is 5.75 Å². The summed E-state index contributed by atoms with van der Waals surface area (Å²) in [6.45, 7) is 4.21. The van der Waals surface area contributed by atoms with E-state index in [0.29, 0.717) is 36.2 Å². The van der Waals surface area contributed by atoms with Gasteiger partial charge in [0, 0.05) is 18.4 Å². The van der Waals surface area contributed by atoms with Crippen molar-refractivity contribution in [3.05, 3.63) is 40.5 Å². The molecule has 0 aliphatic heterocycles. The monoisotopic (exact) mass is 405 g/mol. The van der Waals surface area contributed by atoms with Crippen molar-refractivity contribution >= 4 is 17.5 Å². The number of benzene rings is 1. The van der Waals surface area contributed by atoms with Gasteiger partial charge in [-0.3, -0.25) is 4.79 Å². The summed E-state index contributed by atoms with van der Waals surface area (Å²) in [5, 5.41) is 8.03. The Kier molecular flexibility index (Phi) is 6.94. The average Bonchev–Trinajstić information content (AvgIpc) is 2.96. The third-order valence-corrected chi connectivity index (χ3v) is 5.47. The number of carbonyl (C=O) groups excluding carboxylic acids is 1. The van der Waals surface area contributed by atoms with Gasteiger partial charge in [0.25, 0.3) is 0 Å². The molecule has 1 aromatic heterocycles. The predicted octanol–water partition coefficient (Wildman–Crippen LogP) is 4.86. The average molecular weight is 406 g/mol. The number of hydrogen-bond acceptors (Lipinski definition) is 5. The first kappa shape index (κ1) is 20.6. The van der Waals surface area contributed by atoms with E-state index >= 15 is 0 Å². The summed E-state index contributed by atoms with van der Waals surface area (Å²) < 4.78 is 11.0. The highest BCUT2D eigenvalue weighted by Crippen LogP contribution is 2.34. The smallest absolute Gasteiger partial charge is 0.223 e. The molecular weight excluding hydrogens is 378 g/mol. The van der Waals surface area contributed by atoms with Gasteiger partial charge in [-0.15, -0.1) is 0 Å². The van der Waals surface area contributed by atoms with Crippen LogP contribution in [-0.4, -0.2) is 22.7 Å². The van der Waals surface area contributed by atoms with Gasteiger partial charge in [0.1, 0.15) is 11.3 Å². The molecule has 0 atom stereocenters. The number of nitrogens with one attached hydrogen (secondary N) is 1. The molecule has 0 bridgehead atoms. The number of hydrogen-bond donors (Lipinski definition) is 1. The van der Waals surface area contributed by atoms with Gasteiger partial charge in [-0.2, -0.15) is 4.98 Å². The SMILES string of the molecule is Cc1nc(C2(NC(=O)CCCOc3ccc(Cl)cc3C)CCCCCC2)no1. The number of amides is 1. The van der Waals surface area contributed by atoms with Crippen molar-refractivity contribution in [1.82, 2.24) is 15.5 Å². The zero-order valence-electron chi connectivity index (χ0n) is 16.6. The van der Waals surface area contributed by atoms with Crippen LogP contribution < -0.4 is 10.1 Å². The fraction of sp³-hybridized carbons (Fsp3) is 0.571. The number of aromatic nitrogens is 2. The van der Waals surface area contributed by atoms with E-state index < -0.39 is 5.54 Å². The molecule has 2 aromatic rings. The molecule has 1 heterocycles. The Labute approximate surface area is 171 Å². The molecule has 0 saturated heterocycles. The Balaban J connectivity index is 1.55. The summed E-state index contributed by atoms with van der Waals surface area (Å²) in [6, 6.07) is 5.53. The first-order valence-corrected chi connectivity index (χ1v) is 10.4. The van der Waals surface area contributed by atoms with Crippen LogP contribution in [0.1, 0.15) is 68.6 Å². The lowest BCUT2D eigenvalue weighted by molar-refractivity contribution is -0.123. The van der Waals surface area contributed by atoms with Crippen LogP contribution in [0.2, 0.25) is 5.02 Å². The standard InChI is InChI=1S/C21H28ClN3O3/c1-15-14-17(22)9-10-18(15)27-13-7-8-19(26)24-21(11-5-3-4-6-12-21)20-23-16(2)28-25-20/h9-10,14H,3-8,11-13H2,1-2H3,(H,24,26). The van der Waals surface area contributed by atoms with Crippen LogP contribution in [0.4, 0.5) is 0 Å². The molecule has 3 rings (SSSR count). The van der Waals surface area contributed by atoms with Crippen molar-refractivity contribution in [3.8, 4) is 5.75 Å². The van der Waals surface area contributed by atoms with Crippen molar-refractivity contribution < 1.29 is 14.1 Å². The predicted molar refractivity (Wildman–Crippen MR) is 107 cm³/mol. The minimum Gasteiger partial charge on any atom is -0.493 e. The van der Waals surface area contributed by atoms with Crippen molar-refractivity contribution in [2.75, 3.05) is 6.61 Å². The molecular formula is C21H28ClN3O3. The molecule has 1 aromatic carbocycles. The summed E-state index contributed by atoms with van der Waals surface area (Å²) in [5.41, 5.74) is 0.473. The zero-order valence-corrected chi connectivity index (χ0v) is 17.3. The van der Waals surface area contributed by atoms with Gasteiger partial charge in [-0.05, 0) is 49.9 Å². The van der Waals surface area contributed by atoms with Crippen LogP contribution in [0.15, 0.2) is 22.7 Å². The largest absolute Gasteiger partial charge is 0.493 e. The Bertz CT molecular complexity index is 798. The second-order valence-electron chi connectivity index (χ2n) is 7.54. The molecule has 1 amide bonds. The fourth-order valence-electron chi connectivity index (χ4n) is 3.75. The van der Waals surface area contributed by atoms with E-state index in [1.54, 1.807) is 13.0 Å². The van der Waals surface area contributed by atoms with Crippen LogP contribution in [0.3, 0.4) is 0 Å². The number of ether oxygens (including phenoxy) is 1. The fourth-order valence-corrected chi connectivity index (χ4v) is 3.98. The normalized spacial score (nSPS) is 16.4. The second kappa shape index (κ2) is 9.41. The minimum absolute atomic E-state index is 0.000723. The van der Waals surface area contributed by atoms with E-state index in [4.69, 9.17) is 20.9 Å². The first-order valence-electron chi connectivity index (χ1n) is 9.99. The maximum absolute atomic E-state index is 12.7. The summed E-state index contributed by atoms with van der Waals surface area (Å²) in [5.74, 6) is 1.93. The van der Waals surface area contributed by atoms with E-state index in [-0.39, 0.29) is 5.91 Å². The van der Waals surface area contributed by atoms with E-state index in [1.165, 1.54) is 12.8 Å². The van der Waals surface area contributed by atoms with Gasteiger partial charge in [-0.1, -0.05) is 42.4 Å². The summed E-state index contributed by atoms with van der Waals surface area (Å²) in [6.07, 6.45) is 7.15. The zero-order chi connectivity index (χ0) is 20.0. The molecule has 0 unspecified atom stereocenters. The third-order valence-electron chi connectivity index (χ3n) is 5.23. The highest BCUT2D eigenvalue weighted by molar-refractivity contribution is 6.30. The molecule has 1 saturated carbocycles. The highest BCUT2D eigenvalue weighted by atomic mass is 35.5. The Hall–Kier alpha value is -2.08. The Morgan fingerprint density at radius 2 is 2.00 bits per heavy atom. The van der Waals surface area contributed by atoms with Crippen LogP contribution in [0, 0.1) is 13.8 Å².